The van der Waals surface area contributed by atoms with Crippen LogP contribution in [0.25, 0.3) is 11.1 Å². The van der Waals surface area contributed by atoms with E-state index < -0.39 is 17.6 Å². The molecule has 0 unspecified atom stereocenters. The van der Waals surface area contributed by atoms with Gasteiger partial charge in [0, 0.05) is 11.6 Å². The molecule has 0 aliphatic carbocycles. The largest absolute Gasteiger partial charge is 0.478 e. The van der Waals surface area contributed by atoms with Crippen LogP contribution in [0.2, 0.25) is 0 Å². The molecule has 1 N–H and O–H groups in total. The Hall–Kier alpha value is -2.23. The molecule has 0 fully saturated rings. The minimum Gasteiger partial charge on any atom is -0.478 e. The quantitative estimate of drug-likeness (QED) is 0.889. The molecule has 0 spiro atoms. The zero-order valence-corrected chi connectivity index (χ0v) is 10.5. The van der Waals surface area contributed by atoms with Gasteiger partial charge >= 0.3 is 5.97 Å². The fourth-order valence-corrected chi connectivity index (χ4v) is 1.93. The van der Waals surface area contributed by atoms with E-state index in [4.69, 9.17) is 5.11 Å². The van der Waals surface area contributed by atoms with Gasteiger partial charge in [0.05, 0.1) is 5.56 Å². The molecule has 0 amide bonds. The molecule has 0 aliphatic rings. The number of carbonyl (C=O) groups is 1. The molecule has 2 aromatic carbocycles. The van der Waals surface area contributed by atoms with E-state index in [0.29, 0.717) is 0 Å². The Labute approximate surface area is 109 Å². The van der Waals surface area contributed by atoms with Crippen molar-refractivity contribution in [2.75, 3.05) is 0 Å². The number of benzene rings is 2. The van der Waals surface area contributed by atoms with Crippen LogP contribution in [0.1, 0.15) is 21.5 Å². The van der Waals surface area contributed by atoms with E-state index in [1.807, 2.05) is 0 Å². The summed E-state index contributed by atoms with van der Waals surface area (Å²) >= 11 is 0. The van der Waals surface area contributed by atoms with Crippen molar-refractivity contribution < 1.29 is 18.7 Å². The monoisotopic (exact) mass is 262 g/mol. The predicted molar refractivity (Wildman–Crippen MR) is 68.2 cm³/mol. The summed E-state index contributed by atoms with van der Waals surface area (Å²) in [6, 6.07) is 6.75. The van der Waals surface area contributed by atoms with Gasteiger partial charge in [0.2, 0.25) is 0 Å². The second kappa shape index (κ2) is 4.80. The third-order valence-electron chi connectivity index (χ3n) is 2.94. The summed E-state index contributed by atoms with van der Waals surface area (Å²) in [4.78, 5) is 11.2. The lowest BCUT2D eigenvalue weighted by Gasteiger charge is -2.10. The molecule has 0 aromatic heterocycles. The number of aryl methyl sites for hydroxylation is 2. The van der Waals surface area contributed by atoms with Crippen LogP contribution < -0.4 is 0 Å². The van der Waals surface area contributed by atoms with E-state index in [1.165, 1.54) is 19.1 Å². The lowest BCUT2D eigenvalue weighted by atomic mass is 9.96. The topological polar surface area (TPSA) is 37.3 Å². The van der Waals surface area contributed by atoms with Gasteiger partial charge < -0.3 is 5.11 Å². The van der Waals surface area contributed by atoms with Crippen LogP contribution in [0, 0.1) is 25.5 Å². The van der Waals surface area contributed by atoms with Crippen LogP contribution in [-0.2, 0) is 0 Å². The van der Waals surface area contributed by atoms with Gasteiger partial charge in [-0.05, 0) is 37.1 Å². The van der Waals surface area contributed by atoms with E-state index in [-0.39, 0.29) is 22.3 Å². The number of hydrogen-bond donors (Lipinski definition) is 1. The molecule has 2 nitrogen and oxygen atoms in total. The van der Waals surface area contributed by atoms with Crippen molar-refractivity contribution in [3.8, 4) is 11.1 Å². The number of carboxylic acid groups (broad SMARTS) is 1. The standard InChI is InChI=1S/C15H12F2O2/c1-8-3-4-10(15(18)19)11(5-8)12-6-9(2)13(16)7-14(12)17/h3-7H,1-2H3,(H,18,19). The van der Waals surface area contributed by atoms with Gasteiger partial charge in [-0.1, -0.05) is 17.7 Å². The molecule has 0 radical (unpaired) electrons. The lowest BCUT2D eigenvalue weighted by Crippen LogP contribution is -2.01. The van der Waals surface area contributed by atoms with E-state index in [2.05, 4.69) is 0 Å². The van der Waals surface area contributed by atoms with Crippen molar-refractivity contribution in [2.45, 2.75) is 13.8 Å². The van der Waals surface area contributed by atoms with Gasteiger partial charge in [-0.2, -0.15) is 0 Å². The summed E-state index contributed by atoms with van der Waals surface area (Å²) in [7, 11) is 0. The SMILES string of the molecule is Cc1ccc(C(=O)O)c(-c2cc(C)c(F)cc2F)c1. The Balaban J connectivity index is 2.74. The molecular formula is C15H12F2O2. The first-order valence-corrected chi connectivity index (χ1v) is 5.70. The maximum atomic E-state index is 13.9. The number of carboxylic acids is 1. The van der Waals surface area contributed by atoms with E-state index >= 15 is 0 Å². The van der Waals surface area contributed by atoms with Crippen molar-refractivity contribution in [1.82, 2.24) is 0 Å². The Morgan fingerprint density at radius 3 is 2.32 bits per heavy atom. The normalized spacial score (nSPS) is 10.5. The molecule has 0 atom stereocenters. The van der Waals surface area contributed by atoms with Crippen molar-refractivity contribution >= 4 is 5.97 Å². The molecule has 0 aliphatic heterocycles. The van der Waals surface area contributed by atoms with Crippen LogP contribution in [0.4, 0.5) is 8.78 Å². The smallest absolute Gasteiger partial charge is 0.336 e. The first-order valence-electron chi connectivity index (χ1n) is 5.70. The fourth-order valence-electron chi connectivity index (χ4n) is 1.93. The Morgan fingerprint density at radius 1 is 1.00 bits per heavy atom. The van der Waals surface area contributed by atoms with Gasteiger partial charge in [0.25, 0.3) is 0 Å². The predicted octanol–water partition coefficient (Wildman–Crippen LogP) is 3.95. The van der Waals surface area contributed by atoms with Crippen molar-refractivity contribution in [3.05, 3.63) is 58.7 Å². The van der Waals surface area contributed by atoms with E-state index in [0.717, 1.165) is 11.6 Å². The molecular weight excluding hydrogens is 250 g/mol. The molecule has 0 bridgehead atoms. The minimum atomic E-state index is -1.14. The molecule has 0 saturated heterocycles. The third-order valence-corrected chi connectivity index (χ3v) is 2.94. The highest BCUT2D eigenvalue weighted by Gasteiger charge is 2.16. The molecule has 2 aromatic rings. The maximum absolute atomic E-state index is 13.9. The summed E-state index contributed by atoms with van der Waals surface area (Å²) in [5, 5.41) is 9.14. The molecule has 2 rings (SSSR count). The van der Waals surface area contributed by atoms with Crippen molar-refractivity contribution in [3.63, 3.8) is 0 Å². The number of aromatic carboxylic acids is 1. The van der Waals surface area contributed by atoms with Crippen LogP contribution >= 0.6 is 0 Å². The highest BCUT2D eigenvalue weighted by Crippen LogP contribution is 2.29. The highest BCUT2D eigenvalue weighted by molar-refractivity contribution is 5.96. The maximum Gasteiger partial charge on any atom is 0.336 e. The molecule has 98 valence electrons. The summed E-state index contributed by atoms with van der Waals surface area (Å²) in [5.41, 5.74) is 1.43. The van der Waals surface area contributed by atoms with Crippen LogP contribution in [-0.4, -0.2) is 11.1 Å². The number of halogens is 2. The van der Waals surface area contributed by atoms with Gasteiger partial charge in [0.15, 0.2) is 0 Å². The minimum absolute atomic E-state index is 0.00416. The summed E-state index contributed by atoms with van der Waals surface area (Å²) in [6.45, 7) is 3.29. The Kier molecular flexibility index (Phi) is 3.34. The zero-order chi connectivity index (χ0) is 14.2. The van der Waals surface area contributed by atoms with Crippen LogP contribution in [0.5, 0.6) is 0 Å². The number of rotatable bonds is 2. The Morgan fingerprint density at radius 2 is 1.68 bits per heavy atom. The average molecular weight is 262 g/mol. The highest BCUT2D eigenvalue weighted by atomic mass is 19.1. The Bertz CT molecular complexity index is 663. The van der Waals surface area contributed by atoms with Crippen molar-refractivity contribution in [1.29, 1.82) is 0 Å². The van der Waals surface area contributed by atoms with E-state index in [1.54, 1.807) is 19.1 Å². The van der Waals surface area contributed by atoms with Gasteiger partial charge in [-0.15, -0.1) is 0 Å². The lowest BCUT2D eigenvalue weighted by molar-refractivity contribution is 0.0697. The first kappa shape index (κ1) is 13.2. The molecule has 4 heteroatoms. The average Bonchev–Trinajstić information content (AvgIpc) is 2.33. The molecule has 0 heterocycles. The van der Waals surface area contributed by atoms with Gasteiger partial charge in [-0.3, -0.25) is 0 Å². The first-order chi connectivity index (χ1) is 8.90. The molecule has 0 saturated carbocycles. The van der Waals surface area contributed by atoms with E-state index in [9.17, 15) is 13.6 Å². The third kappa shape index (κ3) is 2.47. The summed E-state index contributed by atoms with van der Waals surface area (Å²) in [6.07, 6.45) is 0. The van der Waals surface area contributed by atoms with Gasteiger partial charge in [-0.25, -0.2) is 13.6 Å². The second-order valence-corrected chi connectivity index (χ2v) is 4.44. The van der Waals surface area contributed by atoms with Gasteiger partial charge in [0.1, 0.15) is 11.6 Å². The number of hydrogen-bond acceptors (Lipinski definition) is 1. The summed E-state index contributed by atoms with van der Waals surface area (Å²) in [5.74, 6) is -2.56. The summed E-state index contributed by atoms with van der Waals surface area (Å²) < 4.78 is 27.1. The van der Waals surface area contributed by atoms with Crippen LogP contribution in [0.3, 0.4) is 0 Å². The zero-order valence-electron chi connectivity index (χ0n) is 10.5. The molecule has 19 heavy (non-hydrogen) atoms. The fraction of sp³-hybridized carbons (Fsp3) is 0.133. The van der Waals surface area contributed by atoms with Crippen molar-refractivity contribution in [2.24, 2.45) is 0 Å². The second-order valence-electron chi connectivity index (χ2n) is 4.44. The van der Waals surface area contributed by atoms with Crippen LogP contribution in [0.15, 0.2) is 30.3 Å².